The molecule has 0 amide bonds. The lowest BCUT2D eigenvalue weighted by atomic mass is 10.3. The number of halogens is 1. The van der Waals surface area contributed by atoms with E-state index >= 15 is 0 Å². The third-order valence-corrected chi connectivity index (χ3v) is 4.82. The number of hydrogen-bond donors (Lipinski definition) is 3. The molecule has 2 aromatic rings. The predicted molar refractivity (Wildman–Crippen MR) is 81.7 cm³/mol. The molecule has 0 aliphatic heterocycles. The number of hydrogen-bond acceptors (Lipinski definition) is 5. The van der Waals surface area contributed by atoms with Crippen molar-refractivity contribution in [1.82, 2.24) is 4.98 Å². The van der Waals surface area contributed by atoms with Crippen molar-refractivity contribution in [2.45, 2.75) is 11.8 Å². The molecule has 0 aliphatic carbocycles. The monoisotopic (exact) mass is 356 g/mol. The van der Waals surface area contributed by atoms with Crippen LogP contribution in [0.4, 0.5) is 11.5 Å². The van der Waals surface area contributed by atoms with Crippen molar-refractivity contribution in [1.29, 1.82) is 0 Å². The summed E-state index contributed by atoms with van der Waals surface area (Å²) in [5.41, 5.74) is 3.95. The number of nitrogens with zero attached hydrogens (tertiary/aromatic N) is 1. The summed E-state index contributed by atoms with van der Waals surface area (Å²) in [6.45, 7) is 1.85. The number of nitrogen functional groups attached to an aromatic ring is 1. The first-order chi connectivity index (χ1) is 9.42. The Morgan fingerprint density at radius 2 is 1.90 bits per heavy atom. The average molecular weight is 357 g/mol. The highest BCUT2D eigenvalue weighted by Crippen LogP contribution is 2.20. The van der Waals surface area contributed by atoms with Gasteiger partial charge in [-0.25, -0.2) is 13.4 Å². The van der Waals surface area contributed by atoms with E-state index in [1.165, 1.54) is 12.1 Å². The van der Waals surface area contributed by atoms with Crippen LogP contribution in [0.1, 0.15) is 5.56 Å². The van der Waals surface area contributed by atoms with Crippen LogP contribution in [-0.2, 0) is 10.0 Å². The van der Waals surface area contributed by atoms with Gasteiger partial charge in [-0.2, -0.15) is 0 Å². The lowest BCUT2D eigenvalue weighted by Gasteiger charge is -2.09. The van der Waals surface area contributed by atoms with E-state index in [0.717, 1.165) is 10.0 Å². The van der Waals surface area contributed by atoms with E-state index in [4.69, 9.17) is 5.84 Å². The number of benzene rings is 1. The molecular formula is C12H13BrN4O2S. The first-order valence-electron chi connectivity index (χ1n) is 5.64. The van der Waals surface area contributed by atoms with Crippen LogP contribution < -0.4 is 16.0 Å². The Bertz CT molecular complexity index is 717. The number of nitrogens with two attached hydrogens (primary N) is 1. The SMILES string of the molecule is Cc1cc(NS(=O)(=O)c2ccc(NN)cc2)ncc1Br. The van der Waals surface area contributed by atoms with E-state index in [1.54, 1.807) is 24.4 Å². The van der Waals surface area contributed by atoms with Crippen LogP contribution in [0.25, 0.3) is 0 Å². The van der Waals surface area contributed by atoms with Crippen LogP contribution in [0.5, 0.6) is 0 Å². The van der Waals surface area contributed by atoms with Gasteiger partial charge in [-0.1, -0.05) is 0 Å². The number of anilines is 2. The molecule has 106 valence electrons. The second kappa shape index (κ2) is 5.78. The third kappa shape index (κ3) is 3.27. The molecule has 6 nitrogen and oxygen atoms in total. The molecule has 0 bridgehead atoms. The van der Waals surface area contributed by atoms with Crippen LogP contribution in [0.3, 0.4) is 0 Å². The quantitative estimate of drug-likeness (QED) is 0.576. The van der Waals surface area contributed by atoms with Gasteiger partial charge in [-0.15, -0.1) is 0 Å². The second-order valence-electron chi connectivity index (χ2n) is 4.09. The summed E-state index contributed by atoms with van der Waals surface area (Å²) in [5.74, 6) is 5.50. The van der Waals surface area contributed by atoms with E-state index in [2.05, 4.69) is 31.1 Å². The molecule has 0 fully saturated rings. The van der Waals surface area contributed by atoms with Gasteiger partial charge in [0.25, 0.3) is 10.0 Å². The number of aromatic nitrogens is 1. The Morgan fingerprint density at radius 3 is 2.45 bits per heavy atom. The summed E-state index contributed by atoms with van der Waals surface area (Å²) < 4.78 is 27.6. The van der Waals surface area contributed by atoms with Crippen molar-refractivity contribution in [2.75, 3.05) is 10.1 Å². The lowest BCUT2D eigenvalue weighted by Crippen LogP contribution is -2.14. The fourth-order valence-electron chi connectivity index (χ4n) is 1.52. The maximum atomic E-state index is 12.2. The summed E-state index contributed by atoms with van der Waals surface area (Å²) in [6, 6.07) is 7.73. The fraction of sp³-hybridized carbons (Fsp3) is 0.0833. The molecule has 4 N–H and O–H groups in total. The maximum Gasteiger partial charge on any atom is 0.263 e. The predicted octanol–water partition coefficient (Wildman–Crippen LogP) is 2.24. The van der Waals surface area contributed by atoms with Gasteiger partial charge in [0.2, 0.25) is 0 Å². The molecular weight excluding hydrogens is 344 g/mol. The molecule has 0 atom stereocenters. The first kappa shape index (κ1) is 14.8. The summed E-state index contributed by atoms with van der Waals surface area (Å²) >= 11 is 3.31. The number of nitrogens with one attached hydrogen (secondary N) is 2. The minimum atomic E-state index is -3.66. The molecule has 0 saturated heterocycles. The molecule has 1 aromatic carbocycles. The van der Waals surface area contributed by atoms with Gasteiger partial charge in [0.15, 0.2) is 0 Å². The molecule has 8 heteroatoms. The smallest absolute Gasteiger partial charge is 0.263 e. The molecule has 0 aliphatic rings. The van der Waals surface area contributed by atoms with E-state index < -0.39 is 10.0 Å². The van der Waals surface area contributed by atoms with Gasteiger partial charge < -0.3 is 5.43 Å². The highest BCUT2D eigenvalue weighted by Gasteiger charge is 2.15. The summed E-state index contributed by atoms with van der Waals surface area (Å²) in [7, 11) is -3.66. The minimum absolute atomic E-state index is 0.138. The number of sulfonamides is 1. The zero-order valence-corrected chi connectivity index (χ0v) is 13.0. The highest BCUT2D eigenvalue weighted by molar-refractivity contribution is 9.10. The van der Waals surface area contributed by atoms with Crippen molar-refractivity contribution in [3.8, 4) is 0 Å². The van der Waals surface area contributed by atoms with E-state index in [9.17, 15) is 8.42 Å². The molecule has 0 unspecified atom stereocenters. The summed E-state index contributed by atoms with van der Waals surface area (Å²) in [6.07, 6.45) is 1.55. The number of rotatable bonds is 4. The molecule has 0 radical (unpaired) electrons. The van der Waals surface area contributed by atoms with E-state index in [1.807, 2.05) is 6.92 Å². The molecule has 0 saturated carbocycles. The highest BCUT2D eigenvalue weighted by atomic mass is 79.9. The molecule has 1 aromatic heterocycles. The summed E-state index contributed by atoms with van der Waals surface area (Å²) in [4.78, 5) is 4.15. The van der Waals surface area contributed by atoms with E-state index in [0.29, 0.717) is 5.69 Å². The lowest BCUT2D eigenvalue weighted by molar-refractivity contribution is 0.601. The van der Waals surface area contributed by atoms with Gasteiger partial charge in [-0.05, 0) is 58.7 Å². The summed E-state index contributed by atoms with van der Waals surface area (Å²) in [5, 5.41) is 0. The number of hydrazine groups is 1. The molecule has 2 rings (SSSR count). The second-order valence-corrected chi connectivity index (χ2v) is 6.63. The Labute approximate surface area is 125 Å². The van der Waals surface area contributed by atoms with Gasteiger partial charge in [0.05, 0.1) is 4.90 Å². The van der Waals surface area contributed by atoms with Crippen molar-refractivity contribution < 1.29 is 8.42 Å². The normalized spacial score (nSPS) is 11.2. The number of pyridine rings is 1. The Kier molecular flexibility index (Phi) is 4.26. The van der Waals surface area contributed by atoms with Crippen molar-refractivity contribution in [3.63, 3.8) is 0 Å². The molecule has 1 heterocycles. The maximum absolute atomic E-state index is 12.2. The zero-order chi connectivity index (χ0) is 14.8. The van der Waals surface area contributed by atoms with Crippen LogP contribution in [-0.4, -0.2) is 13.4 Å². The van der Waals surface area contributed by atoms with E-state index in [-0.39, 0.29) is 10.7 Å². The minimum Gasteiger partial charge on any atom is -0.324 e. The average Bonchev–Trinajstić information content (AvgIpc) is 2.43. The first-order valence-corrected chi connectivity index (χ1v) is 7.91. The van der Waals surface area contributed by atoms with Gasteiger partial charge in [-0.3, -0.25) is 10.6 Å². The van der Waals surface area contributed by atoms with Crippen molar-refractivity contribution in [2.24, 2.45) is 5.84 Å². The largest absolute Gasteiger partial charge is 0.324 e. The fourth-order valence-corrected chi connectivity index (χ4v) is 2.74. The topological polar surface area (TPSA) is 97.1 Å². The third-order valence-electron chi connectivity index (χ3n) is 2.62. The Balaban J connectivity index is 2.27. The van der Waals surface area contributed by atoms with Crippen LogP contribution >= 0.6 is 15.9 Å². The number of aryl methyl sites for hydroxylation is 1. The van der Waals surface area contributed by atoms with Crippen molar-refractivity contribution >= 4 is 37.5 Å². The zero-order valence-electron chi connectivity index (χ0n) is 10.6. The van der Waals surface area contributed by atoms with Crippen LogP contribution in [0.15, 0.2) is 45.9 Å². The van der Waals surface area contributed by atoms with Crippen LogP contribution in [0.2, 0.25) is 0 Å². The Hall–Kier alpha value is -1.64. The molecule has 0 spiro atoms. The standard InChI is InChI=1S/C12H13BrN4O2S/c1-8-6-12(15-7-11(8)13)17-20(18,19)10-4-2-9(16-14)3-5-10/h2-7,16H,14H2,1H3,(H,15,17). The molecule has 20 heavy (non-hydrogen) atoms. The van der Waals surface area contributed by atoms with Crippen LogP contribution in [0, 0.1) is 6.92 Å². The van der Waals surface area contributed by atoms with Crippen molar-refractivity contribution in [3.05, 3.63) is 46.6 Å². The van der Waals surface area contributed by atoms with Gasteiger partial charge >= 0.3 is 0 Å². The Morgan fingerprint density at radius 1 is 1.25 bits per heavy atom. The van der Waals surface area contributed by atoms with Gasteiger partial charge in [0.1, 0.15) is 5.82 Å². The van der Waals surface area contributed by atoms with Gasteiger partial charge in [0, 0.05) is 16.4 Å².